The van der Waals surface area contributed by atoms with E-state index in [-0.39, 0.29) is 54.1 Å². The third kappa shape index (κ3) is 9.86. The van der Waals surface area contributed by atoms with Gasteiger partial charge in [0.1, 0.15) is 22.9 Å². The number of carbonyl (C=O) groups excluding carboxylic acids is 5. The highest BCUT2D eigenvalue weighted by Gasteiger charge is 2.41. The third-order valence-corrected chi connectivity index (χ3v) is 7.13. The van der Waals surface area contributed by atoms with Crippen LogP contribution in [-0.2, 0) is 38.2 Å². The second-order valence-corrected chi connectivity index (χ2v) is 10.4. The van der Waals surface area contributed by atoms with Gasteiger partial charge in [0.15, 0.2) is 5.78 Å². The highest BCUT2D eigenvalue weighted by molar-refractivity contribution is 6.03. The summed E-state index contributed by atoms with van der Waals surface area (Å²) < 4.78 is 15.5. The number of nitrogens with two attached hydrogens (primary N) is 1. The lowest BCUT2D eigenvalue weighted by Gasteiger charge is -2.32. The van der Waals surface area contributed by atoms with E-state index in [1.807, 2.05) is 60.7 Å². The van der Waals surface area contributed by atoms with Crippen molar-refractivity contribution in [3.63, 3.8) is 0 Å². The second kappa shape index (κ2) is 17.9. The standard InChI is InChI=1S/C18H19NO4.C12H11NO2.C6H8O2/c1-2-22-18(21)16-14(11-7-4-3-5-8-11)15-12(20)9-6-10-13(15)23-17(16)19;1-3-15-12(14)11(13-2)9-10-7-5-4-6-8-10;7-5-2-1-3-6(8)4-5/h3-5,7-8,14H,2,6,9-10,19H2,1H3;4-9H,3H2,1H3;1-4H2/b;11-9-;. The zero-order chi connectivity index (χ0) is 33.5. The van der Waals surface area contributed by atoms with Gasteiger partial charge in [0.05, 0.1) is 32.1 Å². The van der Waals surface area contributed by atoms with Crippen molar-refractivity contribution in [3.05, 3.63) is 112 Å². The molecule has 10 nitrogen and oxygen atoms in total. The Morgan fingerprint density at radius 1 is 0.891 bits per heavy atom. The Kier molecular flexibility index (Phi) is 13.7. The van der Waals surface area contributed by atoms with Crippen molar-refractivity contribution in [3.8, 4) is 0 Å². The number of allylic oxidation sites excluding steroid dienone is 2. The van der Waals surface area contributed by atoms with Crippen LogP contribution in [0.1, 0.15) is 75.8 Å². The summed E-state index contributed by atoms with van der Waals surface area (Å²) >= 11 is 0. The van der Waals surface area contributed by atoms with Crippen LogP contribution in [0.2, 0.25) is 0 Å². The molecule has 10 heteroatoms. The topological polar surface area (TPSA) is 143 Å². The summed E-state index contributed by atoms with van der Waals surface area (Å²) in [5.41, 5.74) is 8.41. The summed E-state index contributed by atoms with van der Waals surface area (Å²) in [6, 6.07) is 18.6. The van der Waals surface area contributed by atoms with E-state index in [4.69, 9.17) is 26.5 Å². The van der Waals surface area contributed by atoms with Gasteiger partial charge < -0.3 is 19.9 Å². The van der Waals surface area contributed by atoms with Crippen molar-refractivity contribution in [2.45, 2.75) is 64.7 Å². The molecule has 2 aromatic rings. The van der Waals surface area contributed by atoms with Crippen molar-refractivity contribution in [1.82, 2.24) is 0 Å². The first-order valence-electron chi connectivity index (χ1n) is 15.2. The first-order valence-corrected chi connectivity index (χ1v) is 15.2. The minimum Gasteiger partial charge on any atom is -0.471 e. The molecule has 2 N–H and O–H groups in total. The number of ketones is 3. The van der Waals surface area contributed by atoms with Gasteiger partial charge in [0.25, 0.3) is 5.70 Å². The molecule has 3 aliphatic rings. The molecule has 0 saturated heterocycles. The van der Waals surface area contributed by atoms with Gasteiger partial charge in [-0.15, -0.1) is 0 Å². The molecule has 0 radical (unpaired) electrons. The number of carbonyl (C=O) groups is 5. The molecule has 0 bridgehead atoms. The molecular formula is C36H38N2O8. The van der Waals surface area contributed by atoms with Crippen LogP contribution in [-0.4, -0.2) is 42.5 Å². The normalized spacial score (nSPS) is 17.6. The summed E-state index contributed by atoms with van der Waals surface area (Å²) in [7, 11) is 0. The van der Waals surface area contributed by atoms with Gasteiger partial charge in [0.2, 0.25) is 5.88 Å². The highest BCUT2D eigenvalue weighted by Crippen LogP contribution is 2.43. The van der Waals surface area contributed by atoms with Crippen LogP contribution in [0.25, 0.3) is 10.9 Å². The van der Waals surface area contributed by atoms with E-state index < -0.39 is 17.9 Å². The van der Waals surface area contributed by atoms with Gasteiger partial charge >= 0.3 is 11.9 Å². The minimum atomic E-state index is -0.573. The monoisotopic (exact) mass is 626 g/mol. The first kappa shape index (κ1) is 35.2. The average Bonchev–Trinajstić information content (AvgIpc) is 3.04. The largest absolute Gasteiger partial charge is 0.471 e. The maximum absolute atomic E-state index is 12.5. The average molecular weight is 627 g/mol. The summed E-state index contributed by atoms with van der Waals surface area (Å²) in [5.74, 6) is -0.782. The van der Waals surface area contributed by atoms with Crippen molar-refractivity contribution in [2.24, 2.45) is 5.73 Å². The fourth-order valence-corrected chi connectivity index (χ4v) is 5.07. The third-order valence-electron chi connectivity index (χ3n) is 7.13. The van der Waals surface area contributed by atoms with Gasteiger partial charge in [-0.3, -0.25) is 19.2 Å². The Hall–Kier alpha value is -5.30. The van der Waals surface area contributed by atoms with E-state index in [2.05, 4.69) is 4.85 Å². The van der Waals surface area contributed by atoms with Crippen molar-refractivity contribution >= 4 is 35.4 Å². The molecule has 1 heterocycles. The Morgan fingerprint density at radius 3 is 2.02 bits per heavy atom. The van der Waals surface area contributed by atoms with Crippen LogP contribution in [0, 0.1) is 6.57 Å². The summed E-state index contributed by atoms with van der Waals surface area (Å²) in [6.45, 7) is 10.8. The lowest BCUT2D eigenvalue weighted by Crippen LogP contribution is -2.31. The predicted molar refractivity (Wildman–Crippen MR) is 170 cm³/mol. The molecule has 0 spiro atoms. The molecule has 2 aliphatic carbocycles. The Bertz CT molecular complexity index is 1550. The number of benzene rings is 2. The summed E-state index contributed by atoms with van der Waals surface area (Å²) in [5, 5.41) is 0. The molecule has 46 heavy (non-hydrogen) atoms. The van der Waals surface area contributed by atoms with Crippen molar-refractivity contribution in [2.75, 3.05) is 13.2 Å². The number of nitrogens with zero attached hydrogens (tertiary/aromatic N) is 1. The Balaban J connectivity index is 0.000000214. The summed E-state index contributed by atoms with van der Waals surface area (Å²) in [6.07, 6.45) is 5.57. The van der Waals surface area contributed by atoms with E-state index in [0.29, 0.717) is 37.0 Å². The predicted octanol–water partition coefficient (Wildman–Crippen LogP) is 5.75. The molecule has 1 aliphatic heterocycles. The maximum atomic E-state index is 12.5. The highest BCUT2D eigenvalue weighted by atomic mass is 16.5. The van der Waals surface area contributed by atoms with E-state index in [9.17, 15) is 24.0 Å². The van der Waals surface area contributed by atoms with Crippen molar-refractivity contribution < 1.29 is 38.2 Å². The van der Waals surface area contributed by atoms with Crippen LogP contribution < -0.4 is 5.73 Å². The number of ether oxygens (including phenoxy) is 3. The van der Waals surface area contributed by atoms with Crippen LogP contribution in [0.4, 0.5) is 0 Å². The molecular weight excluding hydrogens is 588 g/mol. The maximum Gasteiger partial charge on any atom is 0.340 e. The lowest BCUT2D eigenvalue weighted by molar-refractivity contribution is -0.139. The first-order chi connectivity index (χ1) is 22.2. The lowest BCUT2D eigenvalue weighted by atomic mass is 9.77. The molecule has 1 unspecified atom stereocenters. The second-order valence-electron chi connectivity index (χ2n) is 10.4. The van der Waals surface area contributed by atoms with Gasteiger partial charge in [-0.2, -0.15) is 0 Å². The molecule has 1 saturated carbocycles. The van der Waals surface area contributed by atoms with Gasteiger partial charge in [-0.25, -0.2) is 9.64 Å². The quantitative estimate of drug-likeness (QED) is 0.183. The number of Topliss-reactive ketones (excluding diaryl/α,β-unsaturated/α-hetero) is 3. The number of hydrogen-bond acceptors (Lipinski definition) is 9. The van der Waals surface area contributed by atoms with E-state index >= 15 is 0 Å². The number of hydrogen-bond donors (Lipinski definition) is 1. The fourth-order valence-electron chi connectivity index (χ4n) is 5.07. The zero-order valence-corrected chi connectivity index (χ0v) is 26.1. The Labute approximate surface area is 268 Å². The van der Waals surface area contributed by atoms with Gasteiger partial charge in [-0.05, 0) is 43.9 Å². The molecule has 1 atom stereocenters. The number of rotatable bonds is 6. The van der Waals surface area contributed by atoms with Gasteiger partial charge in [-0.1, -0.05) is 60.7 Å². The van der Waals surface area contributed by atoms with E-state index in [1.165, 1.54) is 6.08 Å². The fraction of sp³-hybridized carbons (Fsp3) is 0.333. The van der Waals surface area contributed by atoms with Crippen LogP contribution in [0.15, 0.2) is 89.1 Å². The molecule has 0 amide bonds. The molecule has 240 valence electrons. The smallest absolute Gasteiger partial charge is 0.340 e. The zero-order valence-electron chi connectivity index (χ0n) is 26.1. The van der Waals surface area contributed by atoms with E-state index in [1.54, 1.807) is 13.8 Å². The molecule has 2 aromatic carbocycles. The number of esters is 2. The van der Waals surface area contributed by atoms with Crippen LogP contribution in [0.3, 0.4) is 0 Å². The molecule has 0 aromatic heterocycles. The Morgan fingerprint density at radius 2 is 1.48 bits per heavy atom. The van der Waals surface area contributed by atoms with Gasteiger partial charge in [0, 0.05) is 31.3 Å². The van der Waals surface area contributed by atoms with Crippen molar-refractivity contribution in [1.29, 1.82) is 0 Å². The summed E-state index contributed by atoms with van der Waals surface area (Å²) in [4.78, 5) is 60.2. The van der Waals surface area contributed by atoms with Crippen LogP contribution >= 0.6 is 0 Å². The molecule has 1 fully saturated rings. The van der Waals surface area contributed by atoms with E-state index in [0.717, 1.165) is 24.0 Å². The SMILES string of the molecule is CCOC(=O)C1=C(N)OC2=C(C(=O)CCC2)C1c1ccccc1.O=C1CCCC(=O)C1.[C-]#[N+]/C(=C\c1ccccc1)C(=O)OCC. The van der Waals surface area contributed by atoms with Crippen LogP contribution in [0.5, 0.6) is 0 Å². The minimum absolute atomic E-state index is 0.00282. The molecule has 5 rings (SSSR count).